The summed E-state index contributed by atoms with van der Waals surface area (Å²) in [6.07, 6.45) is -2.07. The maximum atomic E-state index is 12.5. The van der Waals surface area contributed by atoms with Crippen molar-refractivity contribution in [1.29, 1.82) is 0 Å². The lowest BCUT2D eigenvalue weighted by Gasteiger charge is -2.07. The molecule has 0 saturated carbocycles. The second kappa shape index (κ2) is 3.82. The number of imidazole rings is 1. The Bertz CT molecular complexity index is 533. The first-order valence-corrected chi connectivity index (χ1v) is 5.13. The van der Waals surface area contributed by atoms with Gasteiger partial charge in [-0.15, -0.1) is 11.6 Å². The van der Waals surface area contributed by atoms with Crippen molar-refractivity contribution >= 4 is 28.8 Å². The van der Waals surface area contributed by atoms with E-state index in [1.165, 1.54) is 10.6 Å². The highest BCUT2D eigenvalue weighted by Gasteiger charge is 2.31. The summed E-state index contributed by atoms with van der Waals surface area (Å²) in [7, 11) is 0. The van der Waals surface area contributed by atoms with Gasteiger partial charge in [-0.1, -0.05) is 11.6 Å². The molecule has 0 amide bonds. The van der Waals surface area contributed by atoms with Gasteiger partial charge in [0.15, 0.2) is 5.65 Å². The van der Waals surface area contributed by atoms with E-state index >= 15 is 0 Å². The lowest BCUT2D eigenvalue weighted by atomic mass is 10.3. The number of fused-ring (bicyclic) bond motifs is 1. The summed E-state index contributed by atoms with van der Waals surface area (Å²) in [5.74, 6) is 0.124. The van der Waals surface area contributed by atoms with Gasteiger partial charge in [-0.3, -0.25) is 0 Å². The molecule has 0 aliphatic rings. The molecule has 2 aromatic rings. The number of rotatable bonds is 1. The van der Waals surface area contributed by atoms with Crippen molar-refractivity contribution < 1.29 is 13.2 Å². The van der Waals surface area contributed by atoms with E-state index in [0.29, 0.717) is 5.69 Å². The van der Waals surface area contributed by atoms with Crippen molar-refractivity contribution in [3.63, 3.8) is 0 Å². The van der Waals surface area contributed by atoms with E-state index in [4.69, 9.17) is 23.2 Å². The fourth-order valence-electron chi connectivity index (χ4n) is 1.33. The number of alkyl halides is 4. The van der Waals surface area contributed by atoms with Crippen molar-refractivity contribution in [3.05, 3.63) is 34.7 Å². The van der Waals surface area contributed by atoms with E-state index in [0.717, 1.165) is 12.3 Å². The lowest BCUT2D eigenvalue weighted by Crippen LogP contribution is -2.06. The second-order valence-electron chi connectivity index (χ2n) is 3.17. The minimum atomic E-state index is -4.43. The standard InChI is InChI=1S/C9H5Cl2F3N2/c10-2-6-4-16-3-5(9(12,13)14)1-7(11)8(16)15-6/h1,3-4H,2H2. The van der Waals surface area contributed by atoms with Gasteiger partial charge in [0.1, 0.15) is 0 Å². The highest BCUT2D eigenvalue weighted by Crippen LogP contribution is 2.32. The Morgan fingerprint density at radius 3 is 2.56 bits per heavy atom. The van der Waals surface area contributed by atoms with Crippen LogP contribution in [-0.2, 0) is 12.1 Å². The largest absolute Gasteiger partial charge is 0.417 e. The minimum Gasteiger partial charge on any atom is -0.305 e. The Kier molecular flexibility index (Phi) is 2.75. The van der Waals surface area contributed by atoms with E-state index in [1.54, 1.807) is 0 Å². The summed E-state index contributed by atoms with van der Waals surface area (Å²) < 4.78 is 38.6. The molecular formula is C9H5Cl2F3N2. The summed E-state index contributed by atoms with van der Waals surface area (Å²) in [5.41, 5.74) is -0.0725. The van der Waals surface area contributed by atoms with E-state index in [9.17, 15) is 13.2 Å². The Hall–Kier alpha value is -0.940. The molecular weight excluding hydrogens is 264 g/mol. The van der Waals surface area contributed by atoms with Gasteiger partial charge in [-0.05, 0) is 6.07 Å². The zero-order valence-electron chi connectivity index (χ0n) is 7.72. The van der Waals surface area contributed by atoms with Crippen LogP contribution in [0.3, 0.4) is 0 Å². The van der Waals surface area contributed by atoms with Gasteiger partial charge in [0.05, 0.1) is 22.2 Å². The summed E-state index contributed by atoms with van der Waals surface area (Å²) in [5, 5.41) is -0.0498. The summed E-state index contributed by atoms with van der Waals surface area (Å²) in [6.45, 7) is 0. The zero-order valence-corrected chi connectivity index (χ0v) is 9.24. The predicted octanol–water partition coefficient (Wildman–Crippen LogP) is 3.75. The Labute approximate surface area is 98.6 Å². The van der Waals surface area contributed by atoms with Gasteiger partial charge in [0, 0.05) is 12.4 Å². The van der Waals surface area contributed by atoms with Crippen LogP contribution in [0.1, 0.15) is 11.3 Å². The second-order valence-corrected chi connectivity index (χ2v) is 3.85. The molecule has 0 unspecified atom stereocenters. The maximum absolute atomic E-state index is 12.5. The Morgan fingerprint density at radius 1 is 1.31 bits per heavy atom. The first-order valence-electron chi connectivity index (χ1n) is 4.22. The average Bonchev–Trinajstić information content (AvgIpc) is 2.59. The fourth-order valence-corrected chi connectivity index (χ4v) is 1.71. The topological polar surface area (TPSA) is 17.3 Å². The highest BCUT2D eigenvalue weighted by atomic mass is 35.5. The van der Waals surface area contributed by atoms with Crippen LogP contribution in [-0.4, -0.2) is 9.38 Å². The van der Waals surface area contributed by atoms with Crippen LogP contribution in [0.15, 0.2) is 18.5 Å². The zero-order chi connectivity index (χ0) is 11.9. The first-order chi connectivity index (χ1) is 7.41. The van der Waals surface area contributed by atoms with Crippen molar-refractivity contribution in [2.24, 2.45) is 0 Å². The summed E-state index contributed by atoms with van der Waals surface area (Å²) in [4.78, 5) is 3.99. The maximum Gasteiger partial charge on any atom is 0.417 e. The molecule has 0 atom stereocenters. The van der Waals surface area contributed by atoms with Gasteiger partial charge >= 0.3 is 6.18 Å². The normalized spacial score (nSPS) is 12.3. The molecule has 16 heavy (non-hydrogen) atoms. The Balaban J connectivity index is 2.67. The van der Waals surface area contributed by atoms with Gasteiger partial charge < -0.3 is 4.40 Å². The molecule has 0 saturated heterocycles. The van der Waals surface area contributed by atoms with E-state index in [2.05, 4.69) is 4.98 Å². The minimum absolute atomic E-state index is 0.0498. The molecule has 2 nitrogen and oxygen atoms in total. The van der Waals surface area contributed by atoms with Crippen LogP contribution >= 0.6 is 23.2 Å². The van der Waals surface area contributed by atoms with Crippen molar-refractivity contribution in [1.82, 2.24) is 9.38 Å². The van der Waals surface area contributed by atoms with Gasteiger partial charge in [-0.25, -0.2) is 4.98 Å². The molecule has 0 aliphatic heterocycles. The van der Waals surface area contributed by atoms with E-state index in [-0.39, 0.29) is 16.5 Å². The van der Waals surface area contributed by atoms with Crippen LogP contribution in [0, 0.1) is 0 Å². The van der Waals surface area contributed by atoms with Gasteiger partial charge in [0.2, 0.25) is 0 Å². The van der Waals surface area contributed by atoms with Gasteiger partial charge in [0.25, 0.3) is 0 Å². The number of nitrogens with zero attached hydrogens (tertiary/aromatic N) is 2. The Morgan fingerprint density at radius 2 is 2.00 bits per heavy atom. The summed E-state index contributed by atoms with van der Waals surface area (Å²) in [6, 6.07) is 0.849. The smallest absolute Gasteiger partial charge is 0.305 e. The third-order valence-corrected chi connectivity index (χ3v) is 2.57. The molecule has 2 rings (SSSR count). The van der Waals surface area contributed by atoms with Crippen LogP contribution < -0.4 is 0 Å². The number of halogens is 5. The molecule has 0 aromatic carbocycles. The SMILES string of the molecule is FC(F)(F)c1cc(Cl)c2nc(CCl)cn2c1. The molecule has 0 spiro atoms. The van der Waals surface area contributed by atoms with Crippen LogP contribution in [0.5, 0.6) is 0 Å². The van der Waals surface area contributed by atoms with Crippen molar-refractivity contribution in [2.45, 2.75) is 12.1 Å². The third kappa shape index (κ3) is 1.97. The van der Waals surface area contributed by atoms with E-state index < -0.39 is 11.7 Å². The fraction of sp³-hybridized carbons (Fsp3) is 0.222. The van der Waals surface area contributed by atoms with Crippen LogP contribution in [0.25, 0.3) is 5.65 Å². The van der Waals surface area contributed by atoms with Crippen LogP contribution in [0.2, 0.25) is 5.02 Å². The quantitative estimate of drug-likeness (QED) is 0.721. The van der Waals surface area contributed by atoms with Crippen LogP contribution in [0.4, 0.5) is 13.2 Å². The molecule has 86 valence electrons. The lowest BCUT2D eigenvalue weighted by molar-refractivity contribution is -0.137. The number of pyridine rings is 1. The first kappa shape index (κ1) is 11.5. The van der Waals surface area contributed by atoms with E-state index in [1.807, 2.05) is 0 Å². The molecule has 0 N–H and O–H groups in total. The highest BCUT2D eigenvalue weighted by molar-refractivity contribution is 6.33. The number of hydrogen-bond donors (Lipinski definition) is 0. The molecule has 2 aromatic heterocycles. The molecule has 0 radical (unpaired) electrons. The number of aromatic nitrogens is 2. The van der Waals surface area contributed by atoms with Crippen molar-refractivity contribution in [3.8, 4) is 0 Å². The molecule has 2 heterocycles. The summed E-state index contributed by atoms with van der Waals surface area (Å²) >= 11 is 11.3. The molecule has 0 fully saturated rings. The third-order valence-electron chi connectivity index (χ3n) is 2.02. The van der Waals surface area contributed by atoms with Crippen molar-refractivity contribution in [2.75, 3.05) is 0 Å². The number of hydrogen-bond acceptors (Lipinski definition) is 1. The average molecular weight is 269 g/mol. The van der Waals surface area contributed by atoms with Gasteiger partial charge in [-0.2, -0.15) is 13.2 Å². The monoisotopic (exact) mass is 268 g/mol. The molecule has 7 heteroatoms. The molecule has 0 bridgehead atoms. The molecule has 0 aliphatic carbocycles. The predicted molar refractivity (Wildman–Crippen MR) is 54.8 cm³/mol.